The van der Waals surface area contributed by atoms with Gasteiger partial charge in [-0.05, 0) is 26.0 Å². The van der Waals surface area contributed by atoms with Gasteiger partial charge in [0.15, 0.2) is 17.3 Å². The highest BCUT2D eigenvalue weighted by atomic mass is 16.6. The van der Waals surface area contributed by atoms with Crippen molar-refractivity contribution in [3.8, 4) is 11.5 Å². The number of hydrogen-bond acceptors (Lipinski definition) is 5. The second kappa shape index (κ2) is 6.05. The van der Waals surface area contributed by atoms with Gasteiger partial charge in [-0.1, -0.05) is 12.1 Å². The molecule has 116 valence electrons. The lowest BCUT2D eigenvalue weighted by Crippen LogP contribution is -2.49. The van der Waals surface area contributed by atoms with Gasteiger partial charge < -0.3 is 19.4 Å². The highest BCUT2D eigenvalue weighted by molar-refractivity contribution is 5.82. The summed E-state index contributed by atoms with van der Waals surface area (Å²) in [5, 5.41) is 10.6. The van der Waals surface area contributed by atoms with E-state index in [0.29, 0.717) is 23.9 Å². The average molecular weight is 302 g/mol. The third kappa shape index (κ3) is 2.74. The molecule has 1 aromatic carbocycles. The smallest absolute Gasteiger partial charge is 0.265 e. The van der Waals surface area contributed by atoms with Crippen LogP contribution in [0.1, 0.15) is 19.7 Å². The van der Waals surface area contributed by atoms with Gasteiger partial charge in [0.25, 0.3) is 5.91 Å². The van der Waals surface area contributed by atoms with E-state index < -0.39 is 6.10 Å². The van der Waals surface area contributed by atoms with E-state index in [2.05, 4.69) is 15.5 Å². The van der Waals surface area contributed by atoms with Gasteiger partial charge in [0.1, 0.15) is 12.4 Å². The summed E-state index contributed by atoms with van der Waals surface area (Å²) in [6, 6.07) is 7.32. The fourth-order valence-electron chi connectivity index (χ4n) is 2.35. The van der Waals surface area contributed by atoms with E-state index in [1.54, 1.807) is 12.4 Å². The standard InChI is InChI=1S/C15H18N4O3/c1-3-19-9-17-18-13(19)8-16-15(20)14-10(2)21-11-6-4-5-7-12(11)22-14/h4-7,9-10,14H,3,8H2,1-2H3,(H,16,20)/t10-,14+/m0/s1. The molecule has 2 aromatic rings. The molecule has 1 amide bonds. The predicted molar refractivity (Wildman–Crippen MR) is 78.5 cm³/mol. The molecular formula is C15H18N4O3. The molecule has 2 atom stereocenters. The number of amides is 1. The first-order chi connectivity index (χ1) is 10.7. The molecule has 3 rings (SSSR count). The third-order valence-corrected chi connectivity index (χ3v) is 3.56. The van der Waals surface area contributed by atoms with Crippen molar-refractivity contribution >= 4 is 5.91 Å². The molecule has 0 unspecified atom stereocenters. The second-order valence-electron chi connectivity index (χ2n) is 5.06. The number of para-hydroxylation sites is 2. The van der Waals surface area contributed by atoms with E-state index in [4.69, 9.17) is 9.47 Å². The Morgan fingerprint density at radius 1 is 1.32 bits per heavy atom. The SMILES string of the molecule is CCn1cnnc1CNC(=O)[C@@H]1Oc2ccccc2O[C@H]1C. The molecule has 0 saturated heterocycles. The minimum absolute atomic E-state index is 0.229. The zero-order valence-corrected chi connectivity index (χ0v) is 12.5. The lowest BCUT2D eigenvalue weighted by Gasteiger charge is -2.30. The Kier molecular flexibility index (Phi) is 3.95. The summed E-state index contributed by atoms with van der Waals surface area (Å²) in [6.45, 7) is 4.87. The van der Waals surface area contributed by atoms with Crippen molar-refractivity contribution in [2.75, 3.05) is 0 Å². The number of nitrogens with one attached hydrogen (secondary N) is 1. The highest BCUT2D eigenvalue weighted by Crippen LogP contribution is 2.33. The Balaban J connectivity index is 1.65. The van der Waals surface area contributed by atoms with Crippen molar-refractivity contribution in [1.29, 1.82) is 0 Å². The number of benzene rings is 1. The summed E-state index contributed by atoms with van der Waals surface area (Å²) in [5.74, 6) is 1.72. The number of ether oxygens (including phenoxy) is 2. The molecule has 0 saturated carbocycles. The van der Waals surface area contributed by atoms with Gasteiger partial charge in [-0.3, -0.25) is 4.79 Å². The molecule has 0 fully saturated rings. The van der Waals surface area contributed by atoms with E-state index in [0.717, 1.165) is 6.54 Å². The van der Waals surface area contributed by atoms with Gasteiger partial charge in [0, 0.05) is 6.54 Å². The molecule has 1 N–H and O–H groups in total. The third-order valence-electron chi connectivity index (χ3n) is 3.56. The van der Waals surface area contributed by atoms with Crippen LogP contribution in [0.5, 0.6) is 11.5 Å². The summed E-state index contributed by atoms with van der Waals surface area (Å²) in [6.07, 6.45) is 0.590. The Labute approximate surface area is 128 Å². The fraction of sp³-hybridized carbons (Fsp3) is 0.400. The summed E-state index contributed by atoms with van der Waals surface area (Å²) in [7, 11) is 0. The quantitative estimate of drug-likeness (QED) is 0.916. The molecule has 0 radical (unpaired) electrons. The van der Waals surface area contributed by atoms with Crippen LogP contribution in [0.2, 0.25) is 0 Å². The first kappa shape index (κ1) is 14.4. The normalized spacial score (nSPS) is 19.7. The summed E-state index contributed by atoms with van der Waals surface area (Å²) < 4.78 is 13.4. The molecule has 2 heterocycles. The summed E-state index contributed by atoms with van der Waals surface area (Å²) in [5.41, 5.74) is 0. The van der Waals surface area contributed by atoms with E-state index in [1.165, 1.54) is 0 Å². The minimum Gasteiger partial charge on any atom is -0.482 e. The van der Waals surface area contributed by atoms with Crippen molar-refractivity contribution < 1.29 is 14.3 Å². The second-order valence-corrected chi connectivity index (χ2v) is 5.06. The van der Waals surface area contributed by atoms with E-state index >= 15 is 0 Å². The number of rotatable bonds is 4. The number of aromatic nitrogens is 3. The largest absolute Gasteiger partial charge is 0.482 e. The maximum atomic E-state index is 12.3. The van der Waals surface area contributed by atoms with Gasteiger partial charge in [0.05, 0.1) is 6.54 Å². The maximum Gasteiger partial charge on any atom is 0.265 e. The molecule has 0 bridgehead atoms. The summed E-state index contributed by atoms with van der Waals surface area (Å²) in [4.78, 5) is 12.3. The van der Waals surface area contributed by atoms with Crippen LogP contribution in [-0.2, 0) is 17.9 Å². The molecule has 1 aliphatic heterocycles. The van der Waals surface area contributed by atoms with Crippen LogP contribution in [0.4, 0.5) is 0 Å². The van der Waals surface area contributed by atoms with Gasteiger partial charge in [-0.2, -0.15) is 0 Å². The van der Waals surface area contributed by atoms with Crippen LogP contribution in [0.25, 0.3) is 0 Å². The molecule has 0 spiro atoms. The highest BCUT2D eigenvalue weighted by Gasteiger charge is 2.33. The van der Waals surface area contributed by atoms with E-state index in [1.807, 2.05) is 36.6 Å². The van der Waals surface area contributed by atoms with Gasteiger partial charge in [-0.15, -0.1) is 10.2 Å². The van der Waals surface area contributed by atoms with Crippen LogP contribution in [0.3, 0.4) is 0 Å². The molecule has 0 aliphatic carbocycles. The minimum atomic E-state index is -0.687. The first-order valence-electron chi connectivity index (χ1n) is 7.25. The molecule has 1 aromatic heterocycles. The Morgan fingerprint density at radius 2 is 2.05 bits per heavy atom. The van der Waals surface area contributed by atoms with Crippen LogP contribution < -0.4 is 14.8 Å². The zero-order chi connectivity index (χ0) is 15.5. The van der Waals surface area contributed by atoms with Crippen LogP contribution in [0, 0.1) is 0 Å². The molecule has 7 heteroatoms. The number of aryl methyl sites for hydroxylation is 1. The zero-order valence-electron chi connectivity index (χ0n) is 12.5. The fourth-order valence-corrected chi connectivity index (χ4v) is 2.35. The number of carbonyl (C=O) groups excluding carboxylic acids is 1. The molecule has 1 aliphatic rings. The Hall–Kier alpha value is -2.57. The number of carbonyl (C=O) groups is 1. The van der Waals surface area contributed by atoms with Crippen molar-refractivity contribution in [3.63, 3.8) is 0 Å². The topological polar surface area (TPSA) is 78.3 Å². The van der Waals surface area contributed by atoms with Crippen molar-refractivity contribution in [2.24, 2.45) is 0 Å². The average Bonchev–Trinajstić information content (AvgIpc) is 2.99. The summed E-state index contributed by atoms with van der Waals surface area (Å²) >= 11 is 0. The van der Waals surface area contributed by atoms with Crippen molar-refractivity contribution in [1.82, 2.24) is 20.1 Å². The lowest BCUT2D eigenvalue weighted by molar-refractivity contribution is -0.133. The van der Waals surface area contributed by atoms with Crippen molar-refractivity contribution in [3.05, 3.63) is 36.4 Å². The monoisotopic (exact) mass is 302 g/mol. The molecule has 7 nitrogen and oxygen atoms in total. The van der Waals surface area contributed by atoms with Gasteiger partial charge in [-0.25, -0.2) is 0 Å². The first-order valence-corrected chi connectivity index (χ1v) is 7.25. The van der Waals surface area contributed by atoms with Crippen LogP contribution in [0.15, 0.2) is 30.6 Å². The molecular weight excluding hydrogens is 284 g/mol. The van der Waals surface area contributed by atoms with E-state index in [9.17, 15) is 4.79 Å². The van der Waals surface area contributed by atoms with E-state index in [-0.39, 0.29) is 12.0 Å². The molecule has 22 heavy (non-hydrogen) atoms. The van der Waals surface area contributed by atoms with Crippen LogP contribution >= 0.6 is 0 Å². The van der Waals surface area contributed by atoms with Gasteiger partial charge >= 0.3 is 0 Å². The Morgan fingerprint density at radius 3 is 2.77 bits per heavy atom. The number of hydrogen-bond donors (Lipinski definition) is 1. The van der Waals surface area contributed by atoms with Crippen molar-refractivity contribution in [2.45, 2.75) is 39.1 Å². The maximum absolute atomic E-state index is 12.3. The van der Waals surface area contributed by atoms with Crippen LogP contribution in [-0.4, -0.2) is 32.9 Å². The lowest BCUT2D eigenvalue weighted by atomic mass is 10.1. The Bertz CT molecular complexity index is 670. The van der Waals surface area contributed by atoms with Gasteiger partial charge in [0.2, 0.25) is 6.10 Å². The number of nitrogens with zero attached hydrogens (tertiary/aromatic N) is 3. The number of fused-ring (bicyclic) bond motifs is 1. The predicted octanol–water partition coefficient (Wildman–Crippen LogP) is 1.14.